The van der Waals surface area contributed by atoms with Gasteiger partial charge in [0.2, 0.25) is 0 Å². The molecule has 0 atom stereocenters. The van der Waals surface area contributed by atoms with Gasteiger partial charge in [0.05, 0.1) is 26.4 Å². The fourth-order valence-electron chi connectivity index (χ4n) is 1.75. The van der Waals surface area contributed by atoms with E-state index in [9.17, 15) is 4.79 Å². The number of anilines is 1. The van der Waals surface area contributed by atoms with Crippen LogP contribution in [0.3, 0.4) is 0 Å². The fourth-order valence-corrected chi connectivity index (χ4v) is 1.75. The van der Waals surface area contributed by atoms with Gasteiger partial charge in [-0.25, -0.2) is 4.79 Å². The molecule has 0 radical (unpaired) electrons. The van der Waals surface area contributed by atoms with E-state index in [1.165, 1.54) is 0 Å². The zero-order valence-corrected chi connectivity index (χ0v) is 15.4. The Bertz CT molecular complexity index is 580. The molecule has 1 N–H and O–H groups in total. The minimum Gasteiger partial charge on any atom is -0.491 e. The molecule has 0 saturated carbocycles. The molecule has 9 nitrogen and oxygen atoms in total. The van der Waals surface area contributed by atoms with E-state index in [1.807, 2.05) is 0 Å². The molecule has 0 aromatic heterocycles. The van der Waals surface area contributed by atoms with Crippen molar-refractivity contribution in [3.05, 3.63) is 34.7 Å². The van der Waals surface area contributed by atoms with E-state index in [2.05, 4.69) is 15.3 Å². The van der Waals surface area contributed by atoms with Crippen molar-refractivity contribution >= 4 is 11.8 Å². The molecule has 1 amide bonds. The number of nitrogens with zero attached hydrogens (tertiary/aromatic N) is 3. The first-order chi connectivity index (χ1) is 12.4. The van der Waals surface area contributed by atoms with Gasteiger partial charge in [-0.1, -0.05) is 5.11 Å². The zero-order chi connectivity index (χ0) is 19.3. The number of hydrogen-bond donors (Lipinski definition) is 1. The van der Waals surface area contributed by atoms with E-state index in [1.54, 1.807) is 45.0 Å². The van der Waals surface area contributed by atoms with Crippen LogP contribution in [0.2, 0.25) is 0 Å². The smallest absolute Gasteiger partial charge is 0.412 e. The van der Waals surface area contributed by atoms with Crippen molar-refractivity contribution in [2.45, 2.75) is 26.4 Å². The number of carbonyl (C=O) groups excluding carboxylic acids is 1. The average molecular weight is 366 g/mol. The van der Waals surface area contributed by atoms with Crippen LogP contribution in [-0.2, 0) is 14.2 Å². The van der Waals surface area contributed by atoms with Gasteiger partial charge >= 0.3 is 6.09 Å². The Kier molecular flexibility index (Phi) is 9.93. The summed E-state index contributed by atoms with van der Waals surface area (Å²) in [5, 5.41) is 6.01. The summed E-state index contributed by atoms with van der Waals surface area (Å²) in [6.45, 7) is 7.83. The molecule has 0 fully saturated rings. The van der Waals surface area contributed by atoms with Crippen LogP contribution in [0.15, 0.2) is 29.4 Å². The van der Waals surface area contributed by atoms with Crippen LogP contribution in [-0.4, -0.2) is 51.3 Å². The van der Waals surface area contributed by atoms with Crippen molar-refractivity contribution in [2.24, 2.45) is 5.11 Å². The van der Waals surface area contributed by atoms with Gasteiger partial charge in [0.25, 0.3) is 0 Å². The van der Waals surface area contributed by atoms with Crippen molar-refractivity contribution in [1.29, 1.82) is 0 Å². The highest BCUT2D eigenvalue weighted by Crippen LogP contribution is 2.17. The molecule has 1 rings (SSSR count). The van der Waals surface area contributed by atoms with Crippen LogP contribution in [0.25, 0.3) is 10.4 Å². The van der Waals surface area contributed by atoms with E-state index in [4.69, 9.17) is 24.5 Å². The van der Waals surface area contributed by atoms with Gasteiger partial charge in [-0.05, 0) is 50.6 Å². The third-order valence-corrected chi connectivity index (χ3v) is 2.77. The Balaban J connectivity index is 2.13. The lowest BCUT2D eigenvalue weighted by Gasteiger charge is -2.19. The molecular formula is C17H26N4O5. The van der Waals surface area contributed by atoms with Crippen LogP contribution >= 0.6 is 0 Å². The lowest BCUT2D eigenvalue weighted by Crippen LogP contribution is -2.27. The Morgan fingerprint density at radius 2 is 1.69 bits per heavy atom. The van der Waals surface area contributed by atoms with Crippen LogP contribution in [0.4, 0.5) is 10.5 Å². The monoisotopic (exact) mass is 366 g/mol. The summed E-state index contributed by atoms with van der Waals surface area (Å²) in [6.07, 6.45) is -0.499. The Morgan fingerprint density at radius 1 is 1.08 bits per heavy atom. The number of amides is 1. The molecule has 0 heterocycles. The van der Waals surface area contributed by atoms with Gasteiger partial charge in [0, 0.05) is 17.1 Å². The standard InChI is InChI=1S/C17H26N4O5/c1-17(2,3)26-16(22)20-14-4-6-15(7-5-14)25-13-12-24-11-10-23-9-8-19-21-18/h4-7H,8-13H2,1-3H3,(H,20,22). The third-order valence-electron chi connectivity index (χ3n) is 2.77. The maximum Gasteiger partial charge on any atom is 0.412 e. The van der Waals surface area contributed by atoms with E-state index >= 15 is 0 Å². The molecule has 0 spiro atoms. The molecular weight excluding hydrogens is 340 g/mol. The predicted octanol–water partition coefficient (Wildman–Crippen LogP) is 3.76. The van der Waals surface area contributed by atoms with Gasteiger partial charge in [0.15, 0.2) is 0 Å². The molecule has 9 heteroatoms. The average Bonchev–Trinajstić information content (AvgIpc) is 2.56. The molecule has 1 aromatic carbocycles. The van der Waals surface area contributed by atoms with Crippen LogP contribution in [0.1, 0.15) is 20.8 Å². The number of carbonyl (C=O) groups is 1. The van der Waals surface area contributed by atoms with Crippen LogP contribution in [0, 0.1) is 0 Å². The number of nitrogens with one attached hydrogen (secondary N) is 1. The second-order valence-electron chi connectivity index (χ2n) is 6.18. The van der Waals surface area contributed by atoms with E-state index in [0.29, 0.717) is 51.0 Å². The fraction of sp³-hybridized carbons (Fsp3) is 0.588. The highest BCUT2D eigenvalue weighted by atomic mass is 16.6. The number of rotatable bonds is 11. The van der Waals surface area contributed by atoms with Gasteiger partial charge in [-0.3, -0.25) is 5.32 Å². The first-order valence-electron chi connectivity index (χ1n) is 8.30. The van der Waals surface area contributed by atoms with Gasteiger partial charge in [-0.15, -0.1) is 0 Å². The number of hydrogen-bond acceptors (Lipinski definition) is 6. The molecule has 0 aliphatic rings. The predicted molar refractivity (Wildman–Crippen MR) is 97.4 cm³/mol. The number of benzene rings is 1. The van der Waals surface area contributed by atoms with Crippen molar-refractivity contribution in [3.8, 4) is 5.75 Å². The molecule has 144 valence electrons. The molecule has 0 aliphatic carbocycles. The Labute approximate surface area is 153 Å². The van der Waals surface area contributed by atoms with Gasteiger partial charge in [0.1, 0.15) is 18.0 Å². The minimum atomic E-state index is -0.539. The lowest BCUT2D eigenvalue weighted by atomic mass is 10.2. The Hall–Kier alpha value is -2.48. The second-order valence-corrected chi connectivity index (χ2v) is 6.18. The molecule has 0 aliphatic heterocycles. The minimum absolute atomic E-state index is 0.318. The first-order valence-corrected chi connectivity index (χ1v) is 8.30. The summed E-state index contributed by atoms with van der Waals surface area (Å²) < 4.78 is 21.3. The number of azide groups is 1. The summed E-state index contributed by atoms with van der Waals surface area (Å²) in [5.74, 6) is 0.675. The largest absolute Gasteiger partial charge is 0.491 e. The van der Waals surface area contributed by atoms with E-state index in [0.717, 1.165) is 0 Å². The lowest BCUT2D eigenvalue weighted by molar-refractivity contribution is 0.0388. The quantitative estimate of drug-likeness (QED) is 0.277. The third kappa shape index (κ3) is 11.1. The summed E-state index contributed by atoms with van der Waals surface area (Å²) in [5.41, 5.74) is 8.18. The summed E-state index contributed by atoms with van der Waals surface area (Å²) in [7, 11) is 0. The normalized spacial score (nSPS) is 10.7. The first kappa shape index (κ1) is 21.6. The summed E-state index contributed by atoms with van der Waals surface area (Å²) >= 11 is 0. The van der Waals surface area contributed by atoms with E-state index in [-0.39, 0.29) is 0 Å². The Morgan fingerprint density at radius 3 is 2.31 bits per heavy atom. The topological polar surface area (TPSA) is 115 Å². The van der Waals surface area contributed by atoms with Crippen LogP contribution in [0.5, 0.6) is 5.75 Å². The van der Waals surface area contributed by atoms with Crippen molar-refractivity contribution in [1.82, 2.24) is 0 Å². The number of ether oxygens (including phenoxy) is 4. The zero-order valence-electron chi connectivity index (χ0n) is 15.4. The van der Waals surface area contributed by atoms with Crippen molar-refractivity contribution in [3.63, 3.8) is 0 Å². The summed E-state index contributed by atoms with van der Waals surface area (Å²) in [6, 6.07) is 6.98. The highest BCUT2D eigenvalue weighted by molar-refractivity contribution is 5.84. The molecule has 26 heavy (non-hydrogen) atoms. The molecule has 0 bridgehead atoms. The summed E-state index contributed by atoms with van der Waals surface area (Å²) in [4.78, 5) is 14.3. The van der Waals surface area contributed by atoms with Crippen molar-refractivity contribution in [2.75, 3.05) is 44.9 Å². The van der Waals surface area contributed by atoms with Gasteiger partial charge in [-0.2, -0.15) is 0 Å². The van der Waals surface area contributed by atoms with Crippen LogP contribution < -0.4 is 10.1 Å². The second kappa shape index (κ2) is 12.0. The molecule has 1 aromatic rings. The maximum atomic E-state index is 11.7. The van der Waals surface area contributed by atoms with Gasteiger partial charge < -0.3 is 18.9 Å². The molecule has 0 saturated heterocycles. The molecule has 0 unspecified atom stereocenters. The van der Waals surface area contributed by atoms with E-state index < -0.39 is 11.7 Å². The SMILES string of the molecule is CC(C)(C)OC(=O)Nc1ccc(OCCOCCOCCN=[N+]=[N-])cc1. The highest BCUT2D eigenvalue weighted by Gasteiger charge is 2.16. The maximum absolute atomic E-state index is 11.7. The van der Waals surface area contributed by atoms with Crippen molar-refractivity contribution < 1.29 is 23.7 Å².